The van der Waals surface area contributed by atoms with Gasteiger partial charge in [-0.25, -0.2) is 13.2 Å². The van der Waals surface area contributed by atoms with Gasteiger partial charge in [-0.2, -0.15) is 9.30 Å². The Kier molecular flexibility index (Phi) is 7.15. The zero-order valence-corrected chi connectivity index (χ0v) is 18.9. The van der Waals surface area contributed by atoms with Crippen LogP contribution >= 0.6 is 11.3 Å². The molecule has 0 spiro atoms. The van der Waals surface area contributed by atoms with Crippen molar-refractivity contribution in [1.29, 1.82) is 0 Å². The van der Waals surface area contributed by atoms with Crippen LogP contribution in [-0.4, -0.2) is 48.9 Å². The van der Waals surface area contributed by atoms with E-state index in [0.29, 0.717) is 15.4 Å². The van der Waals surface area contributed by atoms with Gasteiger partial charge in [-0.05, 0) is 52.0 Å². The van der Waals surface area contributed by atoms with Gasteiger partial charge < -0.3 is 9.30 Å². The third-order valence-electron chi connectivity index (χ3n) is 4.48. The first-order chi connectivity index (χ1) is 13.5. The summed E-state index contributed by atoms with van der Waals surface area (Å²) in [5.41, 5.74) is 0.901. The van der Waals surface area contributed by atoms with Gasteiger partial charge in [0.05, 0.1) is 11.5 Å². The minimum Gasteiger partial charge on any atom is -0.462 e. The summed E-state index contributed by atoms with van der Waals surface area (Å²) in [5, 5.41) is 0. The summed E-state index contributed by atoms with van der Waals surface area (Å²) in [6, 6.07) is 5.45. The molecule has 0 aliphatic rings. The number of amides is 1. The largest absolute Gasteiger partial charge is 0.462 e. The Hall–Kier alpha value is -2.30. The van der Waals surface area contributed by atoms with E-state index in [9.17, 15) is 18.0 Å². The molecular formula is C19H25N3O5S2. The quantitative estimate of drug-likeness (QED) is 0.644. The molecule has 0 N–H and O–H groups in total. The fourth-order valence-electron chi connectivity index (χ4n) is 2.38. The van der Waals surface area contributed by atoms with Gasteiger partial charge in [0, 0.05) is 31.4 Å². The Labute approximate surface area is 174 Å². The minimum absolute atomic E-state index is 0.104. The number of nitrogens with zero attached hydrogens (tertiary/aromatic N) is 3. The summed E-state index contributed by atoms with van der Waals surface area (Å²) in [6.07, 6.45) is 0. The number of aromatic nitrogens is 1. The summed E-state index contributed by atoms with van der Waals surface area (Å²) in [4.78, 5) is 29.5. The van der Waals surface area contributed by atoms with Crippen LogP contribution in [0.25, 0.3) is 0 Å². The van der Waals surface area contributed by atoms with Crippen LogP contribution in [0.3, 0.4) is 0 Å². The van der Waals surface area contributed by atoms with E-state index in [2.05, 4.69) is 4.99 Å². The van der Waals surface area contributed by atoms with Crippen LogP contribution in [0.5, 0.6) is 0 Å². The zero-order chi connectivity index (χ0) is 21.9. The molecule has 0 bridgehead atoms. The van der Waals surface area contributed by atoms with Crippen molar-refractivity contribution in [3.05, 3.63) is 45.2 Å². The van der Waals surface area contributed by atoms with Gasteiger partial charge in [-0.3, -0.25) is 4.79 Å². The molecule has 2 rings (SSSR count). The van der Waals surface area contributed by atoms with E-state index in [0.717, 1.165) is 11.3 Å². The van der Waals surface area contributed by atoms with E-state index in [1.54, 1.807) is 39.3 Å². The second-order valence-corrected chi connectivity index (χ2v) is 9.61. The lowest BCUT2D eigenvalue weighted by molar-refractivity contribution is 0.0530. The van der Waals surface area contributed by atoms with E-state index >= 15 is 0 Å². The number of sulfonamides is 1. The van der Waals surface area contributed by atoms with Crippen LogP contribution in [0.15, 0.2) is 34.2 Å². The third-order valence-corrected chi connectivity index (χ3v) is 7.74. The van der Waals surface area contributed by atoms with Crippen molar-refractivity contribution >= 4 is 33.2 Å². The molecule has 8 nitrogen and oxygen atoms in total. The number of rotatable bonds is 6. The van der Waals surface area contributed by atoms with Crippen LogP contribution in [-0.2, 0) is 21.8 Å². The number of hydrogen-bond donors (Lipinski definition) is 0. The Bertz CT molecular complexity index is 1080. The van der Waals surface area contributed by atoms with E-state index in [4.69, 9.17) is 4.74 Å². The standard InChI is InChI=1S/C19H25N3O5S2/c1-7-27-18(24)16-13(4)21(5)19(28-16)20-17(23)14-8-10-15(11-9-14)29(25,26)22(6)12(2)3/h8-12H,7H2,1-6H3. The van der Waals surface area contributed by atoms with Crippen molar-refractivity contribution in [3.63, 3.8) is 0 Å². The van der Waals surface area contributed by atoms with Crippen LogP contribution in [0.1, 0.15) is 46.5 Å². The first-order valence-electron chi connectivity index (χ1n) is 9.01. The molecule has 0 unspecified atom stereocenters. The molecular weight excluding hydrogens is 414 g/mol. The number of ether oxygens (including phenoxy) is 1. The highest BCUT2D eigenvalue weighted by molar-refractivity contribution is 7.89. The number of benzene rings is 1. The van der Waals surface area contributed by atoms with Crippen molar-refractivity contribution in [1.82, 2.24) is 8.87 Å². The van der Waals surface area contributed by atoms with Crippen LogP contribution in [0.2, 0.25) is 0 Å². The zero-order valence-electron chi connectivity index (χ0n) is 17.3. The van der Waals surface area contributed by atoms with E-state index < -0.39 is 21.9 Å². The number of carbonyl (C=O) groups is 2. The molecule has 0 atom stereocenters. The van der Waals surface area contributed by atoms with Gasteiger partial charge in [0.1, 0.15) is 4.88 Å². The minimum atomic E-state index is -3.63. The molecule has 0 aliphatic carbocycles. The normalized spacial score (nSPS) is 12.6. The Morgan fingerprint density at radius 1 is 1.24 bits per heavy atom. The topological polar surface area (TPSA) is 98.0 Å². The molecule has 0 saturated heterocycles. The van der Waals surface area contributed by atoms with Gasteiger partial charge in [-0.15, -0.1) is 0 Å². The van der Waals surface area contributed by atoms with Crippen LogP contribution in [0, 0.1) is 6.92 Å². The van der Waals surface area contributed by atoms with Crippen molar-refractivity contribution in [2.45, 2.75) is 38.6 Å². The first kappa shape index (κ1) is 23.0. The average molecular weight is 440 g/mol. The lowest BCUT2D eigenvalue weighted by Gasteiger charge is -2.20. The summed E-state index contributed by atoms with van der Waals surface area (Å²) < 4.78 is 33.0. The van der Waals surface area contributed by atoms with Crippen molar-refractivity contribution in [2.24, 2.45) is 12.0 Å². The monoisotopic (exact) mass is 439 g/mol. The summed E-state index contributed by atoms with van der Waals surface area (Å²) in [6.45, 7) is 7.28. The van der Waals surface area contributed by atoms with Gasteiger partial charge in [0.25, 0.3) is 5.91 Å². The number of carbonyl (C=O) groups excluding carboxylic acids is 2. The highest BCUT2D eigenvalue weighted by Crippen LogP contribution is 2.18. The first-order valence-corrected chi connectivity index (χ1v) is 11.3. The van der Waals surface area contributed by atoms with Crippen LogP contribution in [0.4, 0.5) is 0 Å². The number of thiazole rings is 1. The SMILES string of the molecule is CCOC(=O)c1sc(=NC(=O)c2ccc(S(=O)(=O)N(C)C(C)C)cc2)n(C)c1C. The van der Waals surface area contributed by atoms with Gasteiger partial charge >= 0.3 is 5.97 Å². The number of esters is 1. The maximum absolute atomic E-state index is 12.5. The molecule has 0 saturated carbocycles. The second kappa shape index (κ2) is 9.02. The van der Waals surface area contributed by atoms with Gasteiger partial charge in [0.2, 0.25) is 10.0 Å². The highest BCUT2D eigenvalue weighted by Gasteiger charge is 2.23. The maximum atomic E-state index is 12.5. The molecule has 1 aromatic heterocycles. The van der Waals surface area contributed by atoms with Crippen molar-refractivity contribution in [3.8, 4) is 0 Å². The summed E-state index contributed by atoms with van der Waals surface area (Å²) >= 11 is 1.07. The second-order valence-electron chi connectivity index (χ2n) is 6.63. The van der Waals surface area contributed by atoms with Gasteiger partial charge in [-0.1, -0.05) is 11.3 Å². The molecule has 2 aromatic rings. The Morgan fingerprint density at radius 2 is 1.83 bits per heavy atom. The molecule has 1 amide bonds. The van der Waals surface area contributed by atoms with E-state index in [1.165, 1.54) is 35.6 Å². The number of hydrogen-bond acceptors (Lipinski definition) is 6. The lowest BCUT2D eigenvalue weighted by atomic mass is 10.2. The Morgan fingerprint density at radius 3 is 2.34 bits per heavy atom. The summed E-state index contributed by atoms with van der Waals surface area (Å²) in [5.74, 6) is -0.984. The maximum Gasteiger partial charge on any atom is 0.350 e. The molecule has 0 fully saturated rings. The molecule has 1 aromatic carbocycles. The molecule has 29 heavy (non-hydrogen) atoms. The van der Waals surface area contributed by atoms with E-state index in [-0.39, 0.29) is 23.1 Å². The molecule has 10 heteroatoms. The predicted octanol–water partition coefficient (Wildman–Crippen LogP) is 2.34. The van der Waals surface area contributed by atoms with Crippen molar-refractivity contribution < 1.29 is 22.7 Å². The van der Waals surface area contributed by atoms with Crippen molar-refractivity contribution in [2.75, 3.05) is 13.7 Å². The molecule has 158 valence electrons. The Balaban J connectivity index is 2.35. The van der Waals surface area contributed by atoms with E-state index in [1.807, 2.05) is 0 Å². The summed E-state index contributed by atoms with van der Waals surface area (Å²) in [7, 11) is -0.411. The fourth-order valence-corrected chi connectivity index (χ4v) is 4.76. The lowest BCUT2D eigenvalue weighted by Crippen LogP contribution is -2.33. The average Bonchev–Trinajstić information content (AvgIpc) is 2.96. The fraction of sp³-hybridized carbons (Fsp3) is 0.421. The molecule has 0 radical (unpaired) electrons. The predicted molar refractivity (Wildman–Crippen MR) is 110 cm³/mol. The third kappa shape index (κ3) is 4.82. The van der Waals surface area contributed by atoms with Crippen LogP contribution < -0.4 is 4.80 Å². The molecule has 0 aliphatic heterocycles. The highest BCUT2D eigenvalue weighted by atomic mass is 32.2. The van der Waals surface area contributed by atoms with Gasteiger partial charge in [0.15, 0.2) is 4.80 Å². The molecule has 1 heterocycles. The smallest absolute Gasteiger partial charge is 0.350 e.